The third-order valence-electron chi connectivity index (χ3n) is 5.35. The van der Waals surface area contributed by atoms with E-state index in [-0.39, 0.29) is 41.4 Å². The number of amides is 2. The maximum atomic E-state index is 13.0. The fraction of sp³-hybridized carbons (Fsp3) is 0.474. The van der Waals surface area contributed by atoms with Gasteiger partial charge >= 0.3 is 0 Å². The first-order chi connectivity index (χ1) is 13.0. The Morgan fingerprint density at radius 1 is 1.29 bits per heavy atom. The van der Waals surface area contributed by atoms with Crippen molar-refractivity contribution in [2.24, 2.45) is 0 Å². The van der Waals surface area contributed by atoms with Crippen LogP contribution in [0.3, 0.4) is 0 Å². The van der Waals surface area contributed by atoms with E-state index < -0.39 is 0 Å². The monoisotopic (exact) mass is 405 g/mol. The zero-order valence-electron chi connectivity index (χ0n) is 15.8. The zero-order chi connectivity index (χ0) is 19.0. The van der Waals surface area contributed by atoms with E-state index in [0.717, 1.165) is 24.9 Å². The fourth-order valence-corrected chi connectivity index (χ4v) is 3.89. The minimum absolute atomic E-state index is 0. The Bertz CT molecular complexity index is 960. The highest BCUT2D eigenvalue weighted by atomic mass is 35.5. The second-order valence-electron chi connectivity index (χ2n) is 7.22. The van der Waals surface area contributed by atoms with Crippen molar-refractivity contribution in [3.05, 3.63) is 46.0 Å². The summed E-state index contributed by atoms with van der Waals surface area (Å²) in [5.41, 5.74) is 1.24. The Morgan fingerprint density at radius 2 is 2.11 bits per heavy atom. The van der Waals surface area contributed by atoms with Crippen molar-refractivity contribution >= 4 is 29.9 Å². The van der Waals surface area contributed by atoms with Crippen LogP contribution in [0.1, 0.15) is 28.8 Å². The van der Waals surface area contributed by atoms with Gasteiger partial charge in [-0.1, -0.05) is 0 Å². The number of likely N-dealkylation sites (tertiary alicyclic amines) is 1. The predicted octanol–water partition coefficient (Wildman–Crippen LogP) is 0.461. The van der Waals surface area contributed by atoms with Gasteiger partial charge in [-0.3, -0.25) is 18.8 Å². The van der Waals surface area contributed by atoms with Crippen LogP contribution in [-0.4, -0.2) is 69.8 Å². The molecular weight excluding hydrogens is 382 g/mol. The highest BCUT2D eigenvalue weighted by molar-refractivity contribution is 5.94. The maximum absolute atomic E-state index is 13.0. The fourth-order valence-electron chi connectivity index (χ4n) is 3.89. The van der Waals surface area contributed by atoms with Gasteiger partial charge in [0.15, 0.2) is 0 Å². The van der Waals surface area contributed by atoms with Crippen LogP contribution in [0.25, 0.3) is 5.65 Å². The number of halogens is 1. The van der Waals surface area contributed by atoms with E-state index in [2.05, 4.69) is 10.3 Å². The molecule has 2 aromatic rings. The van der Waals surface area contributed by atoms with Gasteiger partial charge in [0.05, 0.1) is 6.54 Å². The Balaban J connectivity index is 0.00000225. The van der Waals surface area contributed by atoms with Crippen molar-refractivity contribution in [2.75, 3.05) is 32.7 Å². The number of carbonyl (C=O) groups excluding carboxylic acids is 2. The van der Waals surface area contributed by atoms with Crippen molar-refractivity contribution in [3.63, 3.8) is 0 Å². The Kier molecular flexibility index (Phi) is 6.00. The number of fused-ring (bicyclic) bond motifs is 1. The van der Waals surface area contributed by atoms with Crippen LogP contribution in [-0.2, 0) is 4.79 Å². The average Bonchev–Trinajstić information content (AvgIpc) is 2.68. The van der Waals surface area contributed by atoms with E-state index in [1.165, 1.54) is 10.6 Å². The molecular formula is C19H24ClN5O3. The number of aryl methyl sites for hydroxylation is 1. The second-order valence-corrected chi connectivity index (χ2v) is 7.22. The van der Waals surface area contributed by atoms with Crippen molar-refractivity contribution in [3.8, 4) is 0 Å². The third-order valence-corrected chi connectivity index (χ3v) is 5.35. The molecule has 0 saturated carbocycles. The lowest BCUT2D eigenvalue weighted by Gasteiger charge is -2.41. The molecule has 4 rings (SSSR count). The predicted molar refractivity (Wildman–Crippen MR) is 107 cm³/mol. The van der Waals surface area contributed by atoms with Crippen LogP contribution in [0.2, 0.25) is 0 Å². The summed E-state index contributed by atoms with van der Waals surface area (Å²) in [6.45, 7) is 4.75. The van der Waals surface area contributed by atoms with E-state index >= 15 is 0 Å². The van der Waals surface area contributed by atoms with Crippen LogP contribution in [0.5, 0.6) is 0 Å². The first-order valence-electron chi connectivity index (χ1n) is 9.32. The Labute approximate surface area is 168 Å². The van der Waals surface area contributed by atoms with Crippen LogP contribution in [0.4, 0.5) is 0 Å². The number of nitrogens with one attached hydrogen (secondary N) is 1. The number of pyridine rings is 1. The molecule has 0 aromatic carbocycles. The summed E-state index contributed by atoms with van der Waals surface area (Å²) in [6, 6.07) is 3.64. The molecule has 2 saturated heterocycles. The molecule has 150 valence electrons. The van der Waals surface area contributed by atoms with Crippen LogP contribution in [0, 0.1) is 6.92 Å². The zero-order valence-corrected chi connectivity index (χ0v) is 16.6. The van der Waals surface area contributed by atoms with Gasteiger partial charge in [0.25, 0.3) is 11.5 Å². The van der Waals surface area contributed by atoms with Crippen molar-refractivity contribution < 1.29 is 9.59 Å². The highest BCUT2D eigenvalue weighted by Gasteiger charge is 2.32. The molecule has 0 bridgehead atoms. The Morgan fingerprint density at radius 3 is 2.89 bits per heavy atom. The highest BCUT2D eigenvalue weighted by Crippen LogP contribution is 2.18. The van der Waals surface area contributed by atoms with E-state index in [9.17, 15) is 14.4 Å². The van der Waals surface area contributed by atoms with Gasteiger partial charge in [-0.2, -0.15) is 0 Å². The van der Waals surface area contributed by atoms with Crippen molar-refractivity contribution in [1.29, 1.82) is 0 Å². The van der Waals surface area contributed by atoms with Gasteiger partial charge in [0.1, 0.15) is 11.2 Å². The van der Waals surface area contributed by atoms with Crippen LogP contribution < -0.4 is 10.9 Å². The number of nitrogens with zero attached hydrogens (tertiary/aromatic N) is 4. The summed E-state index contributed by atoms with van der Waals surface area (Å²) in [7, 11) is 0. The first-order valence-corrected chi connectivity index (χ1v) is 9.32. The SMILES string of the molecule is Cc1ccn2c(=O)c(C(=O)N3CCCC(N4CCNCC4=O)C3)cnc2c1.Cl. The van der Waals surface area contributed by atoms with Gasteiger partial charge in [0, 0.05) is 44.6 Å². The summed E-state index contributed by atoms with van der Waals surface area (Å²) in [4.78, 5) is 45.8. The molecule has 28 heavy (non-hydrogen) atoms. The van der Waals surface area contributed by atoms with E-state index in [4.69, 9.17) is 0 Å². The molecule has 0 spiro atoms. The topological polar surface area (TPSA) is 87.0 Å². The van der Waals surface area contributed by atoms with Crippen LogP contribution in [0.15, 0.2) is 29.3 Å². The average molecular weight is 406 g/mol. The van der Waals surface area contributed by atoms with E-state index in [1.807, 2.05) is 24.0 Å². The smallest absolute Gasteiger partial charge is 0.270 e. The lowest BCUT2D eigenvalue weighted by molar-refractivity contribution is -0.135. The lowest BCUT2D eigenvalue weighted by Crippen LogP contribution is -2.57. The van der Waals surface area contributed by atoms with Gasteiger partial charge in [-0.15, -0.1) is 12.4 Å². The quantitative estimate of drug-likeness (QED) is 0.784. The molecule has 1 unspecified atom stereocenters. The number of piperidine rings is 1. The number of hydrogen-bond donors (Lipinski definition) is 1. The minimum Gasteiger partial charge on any atom is -0.336 e. The standard InChI is InChI=1S/C19H23N5O3.ClH/c1-13-4-7-24-16(9-13)21-10-15(19(24)27)18(26)22-6-2-3-14(12-22)23-8-5-20-11-17(23)25;/h4,7,9-10,14,20H,2-3,5-6,8,11-12H2,1H3;1H. The number of piperazine rings is 1. The normalized spacial score (nSPS) is 20.2. The van der Waals surface area contributed by atoms with Gasteiger partial charge in [0.2, 0.25) is 5.91 Å². The summed E-state index contributed by atoms with van der Waals surface area (Å²) in [5, 5.41) is 3.07. The van der Waals surface area contributed by atoms with Crippen LogP contribution >= 0.6 is 12.4 Å². The number of hydrogen-bond acceptors (Lipinski definition) is 5. The second kappa shape index (κ2) is 8.28. The third kappa shape index (κ3) is 3.74. The summed E-state index contributed by atoms with van der Waals surface area (Å²) in [6.07, 6.45) is 4.72. The molecule has 2 amide bonds. The van der Waals surface area contributed by atoms with Gasteiger partial charge in [-0.25, -0.2) is 4.98 Å². The number of rotatable bonds is 2. The molecule has 2 fully saturated rings. The molecule has 2 aromatic heterocycles. The summed E-state index contributed by atoms with van der Waals surface area (Å²) in [5.74, 6) is -0.238. The molecule has 0 aliphatic carbocycles. The first kappa shape index (κ1) is 20.3. The molecule has 1 N–H and O–H groups in total. The molecule has 8 nitrogen and oxygen atoms in total. The largest absolute Gasteiger partial charge is 0.336 e. The lowest BCUT2D eigenvalue weighted by atomic mass is 10.0. The summed E-state index contributed by atoms with van der Waals surface area (Å²) >= 11 is 0. The molecule has 0 radical (unpaired) electrons. The number of aromatic nitrogens is 2. The van der Waals surface area contributed by atoms with Crippen molar-refractivity contribution in [1.82, 2.24) is 24.5 Å². The Hall–Kier alpha value is -2.45. The molecule has 4 heterocycles. The summed E-state index contributed by atoms with van der Waals surface area (Å²) < 4.78 is 1.40. The molecule has 2 aliphatic heterocycles. The number of carbonyl (C=O) groups is 2. The minimum atomic E-state index is -0.356. The maximum Gasteiger partial charge on any atom is 0.270 e. The van der Waals surface area contributed by atoms with E-state index in [0.29, 0.717) is 31.8 Å². The van der Waals surface area contributed by atoms with Crippen molar-refractivity contribution in [2.45, 2.75) is 25.8 Å². The van der Waals surface area contributed by atoms with E-state index in [1.54, 1.807) is 11.1 Å². The molecule has 9 heteroatoms. The molecule has 1 atom stereocenters. The van der Waals surface area contributed by atoms with Gasteiger partial charge in [-0.05, 0) is 37.5 Å². The molecule has 2 aliphatic rings. The van der Waals surface area contributed by atoms with Gasteiger partial charge < -0.3 is 15.1 Å².